The van der Waals surface area contributed by atoms with Gasteiger partial charge in [0, 0.05) is 23.5 Å². The summed E-state index contributed by atoms with van der Waals surface area (Å²) >= 11 is 0. The van der Waals surface area contributed by atoms with Gasteiger partial charge in [-0.3, -0.25) is 5.01 Å². The van der Waals surface area contributed by atoms with Crippen molar-refractivity contribution in [2.75, 3.05) is 6.61 Å². The summed E-state index contributed by atoms with van der Waals surface area (Å²) in [7, 11) is 0. The van der Waals surface area contributed by atoms with E-state index in [9.17, 15) is 22.0 Å². The SMILES string of the molecule is CCCOc1ccc(-c2ncc(CN3Cc4[nH]c(-c5cccc(F)c5F)nc4C=N3)cn2)c(C(F)(F)F)c1. The quantitative estimate of drug-likeness (QED) is 0.299. The number of aromatic nitrogens is 4. The van der Waals surface area contributed by atoms with Crippen LogP contribution in [0.25, 0.3) is 22.8 Å². The molecule has 1 aliphatic heterocycles. The summed E-state index contributed by atoms with van der Waals surface area (Å²) in [4.78, 5) is 15.6. The van der Waals surface area contributed by atoms with Gasteiger partial charge in [0.05, 0.1) is 42.7 Å². The van der Waals surface area contributed by atoms with Crippen molar-refractivity contribution in [1.82, 2.24) is 24.9 Å². The lowest BCUT2D eigenvalue weighted by molar-refractivity contribution is -0.137. The maximum atomic E-state index is 14.2. The van der Waals surface area contributed by atoms with E-state index in [0.29, 0.717) is 30.0 Å². The average molecular weight is 528 g/mol. The highest BCUT2D eigenvalue weighted by molar-refractivity contribution is 5.80. The van der Waals surface area contributed by atoms with Gasteiger partial charge in [-0.15, -0.1) is 0 Å². The second-order valence-corrected chi connectivity index (χ2v) is 8.59. The molecule has 196 valence electrons. The Balaban J connectivity index is 1.31. The third-order valence-corrected chi connectivity index (χ3v) is 5.78. The van der Waals surface area contributed by atoms with Crippen molar-refractivity contribution in [3.63, 3.8) is 0 Å². The molecule has 1 aliphatic rings. The molecule has 0 spiro atoms. The molecule has 0 aliphatic carbocycles. The molecule has 4 aromatic rings. The highest BCUT2D eigenvalue weighted by Crippen LogP contribution is 2.38. The van der Waals surface area contributed by atoms with Crippen molar-refractivity contribution in [2.45, 2.75) is 32.6 Å². The molecule has 0 radical (unpaired) electrons. The maximum absolute atomic E-state index is 14.2. The summed E-state index contributed by atoms with van der Waals surface area (Å²) in [5.74, 6) is -1.73. The number of aromatic amines is 1. The van der Waals surface area contributed by atoms with Crippen molar-refractivity contribution in [3.05, 3.63) is 82.9 Å². The molecule has 2 aromatic carbocycles. The number of benzene rings is 2. The van der Waals surface area contributed by atoms with Crippen LogP contribution in [0.4, 0.5) is 22.0 Å². The second-order valence-electron chi connectivity index (χ2n) is 8.59. The fraction of sp³-hybridized carbons (Fsp3) is 0.231. The molecule has 0 fully saturated rings. The van der Waals surface area contributed by atoms with Crippen molar-refractivity contribution in [3.8, 4) is 28.5 Å². The van der Waals surface area contributed by atoms with E-state index in [0.717, 1.165) is 12.1 Å². The number of alkyl halides is 3. The van der Waals surface area contributed by atoms with Gasteiger partial charge in [0.15, 0.2) is 17.5 Å². The first-order chi connectivity index (χ1) is 18.2. The zero-order valence-corrected chi connectivity index (χ0v) is 20.1. The van der Waals surface area contributed by atoms with Crippen LogP contribution in [0, 0.1) is 11.6 Å². The number of rotatable bonds is 7. The molecule has 0 unspecified atom stereocenters. The standard InChI is InChI=1S/C26H21F5N6O/c1-2-8-38-16-6-7-17(19(9-16)26(29,30)31)24-32-10-15(11-33-24)13-37-14-22-21(12-34-37)35-25(36-22)18-4-3-5-20(27)23(18)28/h3-7,9-12H,2,8,13-14H2,1H3,(H,35,36). The highest BCUT2D eigenvalue weighted by atomic mass is 19.4. The molecule has 38 heavy (non-hydrogen) atoms. The van der Waals surface area contributed by atoms with Gasteiger partial charge in [0.2, 0.25) is 0 Å². The van der Waals surface area contributed by atoms with Gasteiger partial charge in [0.1, 0.15) is 17.3 Å². The number of H-pyrrole nitrogens is 1. The molecular weight excluding hydrogens is 507 g/mol. The normalized spacial score (nSPS) is 13.1. The number of nitrogens with zero attached hydrogens (tertiary/aromatic N) is 5. The van der Waals surface area contributed by atoms with Crippen LogP contribution in [0.3, 0.4) is 0 Å². The van der Waals surface area contributed by atoms with Gasteiger partial charge in [-0.05, 0) is 36.8 Å². The average Bonchev–Trinajstić information content (AvgIpc) is 3.32. The van der Waals surface area contributed by atoms with Gasteiger partial charge in [-0.1, -0.05) is 13.0 Å². The number of fused-ring (bicyclic) bond motifs is 1. The van der Waals surface area contributed by atoms with E-state index in [1.807, 2.05) is 6.92 Å². The van der Waals surface area contributed by atoms with Crippen LogP contribution in [0.5, 0.6) is 5.75 Å². The van der Waals surface area contributed by atoms with Crippen molar-refractivity contribution in [2.24, 2.45) is 5.10 Å². The van der Waals surface area contributed by atoms with Crippen molar-refractivity contribution >= 4 is 6.21 Å². The van der Waals surface area contributed by atoms with Crippen LogP contribution in [-0.4, -0.2) is 37.8 Å². The van der Waals surface area contributed by atoms with Crippen LogP contribution in [0.2, 0.25) is 0 Å². The van der Waals surface area contributed by atoms with Crippen LogP contribution in [-0.2, 0) is 19.3 Å². The van der Waals surface area contributed by atoms with Gasteiger partial charge in [-0.2, -0.15) is 18.3 Å². The van der Waals surface area contributed by atoms with Gasteiger partial charge in [-0.25, -0.2) is 23.7 Å². The molecule has 2 aromatic heterocycles. The molecule has 5 rings (SSSR count). The first-order valence-electron chi connectivity index (χ1n) is 11.7. The fourth-order valence-electron chi connectivity index (χ4n) is 3.97. The predicted octanol–water partition coefficient (Wildman–Crippen LogP) is 5.97. The van der Waals surface area contributed by atoms with E-state index >= 15 is 0 Å². The highest BCUT2D eigenvalue weighted by Gasteiger charge is 2.35. The second kappa shape index (κ2) is 10.2. The molecule has 0 atom stereocenters. The number of hydrogen-bond donors (Lipinski definition) is 1. The number of halogens is 5. The lowest BCUT2D eigenvalue weighted by atomic mass is 10.1. The molecule has 0 bridgehead atoms. The first kappa shape index (κ1) is 25.3. The predicted molar refractivity (Wildman–Crippen MR) is 129 cm³/mol. The minimum absolute atomic E-state index is 0.00604. The Morgan fingerprint density at radius 1 is 1.05 bits per heavy atom. The number of nitrogens with one attached hydrogen (secondary N) is 1. The Hall–Kier alpha value is -4.35. The Kier molecular flexibility index (Phi) is 6.79. The van der Waals surface area contributed by atoms with Gasteiger partial charge in [0.25, 0.3) is 0 Å². The van der Waals surface area contributed by atoms with Gasteiger partial charge >= 0.3 is 6.18 Å². The maximum Gasteiger partial charge on any atom is 0.417 e. The van der Waals surface area contributed by atoms with E-state index in [-0.39, 0.29) is 41.6 Å². The lowest BCUT2D eigenvalue weighted by Crippen LogP contribution is -2.21. The molecule has 0 saturated carbocycles. The van der Waals surface area contributed by atoms with Crippen LogP contribution >= 0.6 is 0 Å². The van der Waals surface area contributed by atoms with E-state index in [1.165, 1.54) is 42.9 Å². The van der Waals surface area contributed by atoms with Gasteiger partial charge < -0.3 is 9.72 Å². The fourth-order valence-corrected chi connectivity index (χ4v) is 3.97. The molecule has 0 amide bonds. The van der Waals surface area contributed by atoms with E-state index < -0.39 is 23.4 Å². The van der Waals surface area contributed by atoms with Crippen LogP contribution < -0.4 is 4.74 Å². The summed E-state index contributed by atoms with van der Waals surface area (Å²) in [6.45, 7) is 2.72. The van der Waals surface area contributed by atoms with Crippen molar-refractivity contribution in [1.29, 1.82) is 0 Å². The largest absolute Gasteiger partial charge is 0.494 e. The Labute approximate surface area is 214 Å². The van der Waals surface area contributed by atoms with E-state index in [2.05, 4.69) is 25.0 Å². The number of hydrogen-bond acceptors (Lipinski definition) is 6. The first-order valence-corrected chi connectivity index (χ1v) is 11.7. The number of ether oxygens (including phenoxy) is 1. The van der Waals surface area contributed by atoms with Crippen molar-refractivity contribution < 1.29 is 26.7 Å². The number of imidazole rings is 1. The zero-order valence-electron chi connectivity index (χ0n) is 20.1. The zero-order chi connectivity index (χ0) is 26.9. The lowest BCUT2D eigenvalue weighted by Gasteiger charge is -2.21. The summed E-state index contributed by atoms with van der Waals surface area (Å²) in [6, 6.07) is 7.57. The Morgan fingerprint density at radius 3 is 2.58 bits per heavy atom. The molecule has 0 saturated heterocycles. The minimum atomic E-state index is -4.61. The smallest absolute Gasteiger partial charge is 0.417 e. The summed E-state index contributed by atoms with van der Waals surface area (Å²) < 4.78 is 74.3. The van der Waals surface area contributed by atoms with E-state index in [1.54, 1.807) is 5.01 Å². The van der Waals surface area contributed by atoms with Crippen LogP contribution in [0.15, 0.2) is 53.9 Å². The molecule has 7 nitrogen and oxygen atoms in total. The Bertz CT molecular complexity index is 1480. The Morgan fingerprint density at radius 2 is 1.84 bits per heavy atom. The molecular formula is C26H21F5N6O. The summed E-state index contributed by atoms with van der Waals surface area (Å²) in [5.41, 5.74) is 0.738. The van der Waals surface area contributed by atoms with E-state index in [4.69, 9.17) is 4.74 Å². The summed E-state index contributed by atoms with van der Waals surface area (Å²) in [6.07, 6.45) is 0.428. The summed E-state index contributed by atoms with van der Waals surface area (Å²) in [5, 5.41) is 5.97. The minimum Gasteiger partial charge on any atom is -0.494 e. The molecule has 3 heterocycles. The third kappa shape index (κ3) is 5.20. The number of hydrazone groups is 1. The molecule has 12 heteroatoms. The monoisotopic (exact) mass is 528 g/mol. The van der Waals surface area contributed by atoms with Crippen LogP contribution in [0.1, 0.15) is 35.9 Å². The molecule has 1 N–H and O–H groups in total. The topological polar surface area (TPSA) is 79.3 Å². The third-order valence-electron chi connectivity index (χ3n) is 5.78.